The van der Waals surface area contributed by atoms with E-state index in [0.29, 0.717) is 5.56 Å². The molecular weight excluding hydrogens is 199 g/mol. The normalized spacial score (nSPS) is 10.4. The highest BCUT2D eigenvalue weighted by atomic mass is 32.1. The Bertz CT molecular complexity index is 462. The van der Waals surface area contributed by atoms with Gasteiger partial charge in [0.1, 0.15) is 11.6 Å². The van der Waals surface area contributed by atoms with E-state index in [4.69, 9.17) is 5.11 Å². The van der Waals surface area contributed by atoms with Crippen molar-refractivity contribution >= 4 is 11.3 Å². The Labute approximate surface area is 85.5 Å². The summed E-state index contributed by atoms with van der Waals surface area (Å²) in [5.41, 5.74) is 1.61. The van der Waals surface area contributed by atoms with Gasteiger partial charge in [-0.15, -0.1) is 11.3 Å². The summed E-state index contributed by atoms with van der Waals surface area (Å²) in [5.74, 6) is -0.420. The van der Waals surface area contributed by atoms with Crippen LogP contribution in [0.15, 0.2) is 29.6 Å². The fourth-order valence-electron chi connectivity index (χ4n) is 1.34. The lowest BCUT2D eigenvalue weighted by atomic mass is 10.1. The number of halogens is 1. The molecular formula is C11H9FOS. The average molecular weight is 208 g/mol. The topological polar surface area (TPSA) is 20.2 Å². The third-order valence-corrected chi connectivity index (χ3v) is 3.11. The summed E-state index contributed by atoms with van der Waals surface area (Å²) in [7, 11) is 0. The number of thiophene rings is 1. The van der Waals surface area contributed by atoms with Crippen LogP contribution in [0.1, 0.15) is 5.56 Å². The molecule has 0 spiro atoms. The SMILES string of the molecule is Cc1ccsc1-c1ccc(O)cc1F. The van der Waals surface area contributed by atoms with Crippen LogP contribution in [0.2, 0.25) is 0 Å². The molecule has 0 fully saturated rings. The molecule has 0 atom stereocenters. The van der Waals surface area contributed by atoms with Gasteiger partial charge in [0.15, 0.2) is 0 Å². The van der Waals surface area contributed by atoms with Gasteiger partial charge in [0.2, 0.25) is 0 Å². The highest BCUT2D eigenvalue weighted by Gasteiger charge is 2.09. The summed E-state index contributed by atoms with van der Waals surface area (Å²) in [5, 5.41) is 11.0. The summed E-state index contributed by atoms with van der Waals surface area (Å²) in [6, 6.07) is 6.18. The van der Waals surface area contributed by atoms with Gasteiger partial charge in [0.05, 0.1) is 0 Å². The summed E-state index contributed by atoms with van der Waals surface area (Å²) in [6.45, 7) is 1.94. The molecule has 3 heteroatoms. The molecule has 0 saturated heterocycles. The number of aryl methyl sites for hydroxylation is 1. The minimum Gasteiger partial charge on any atom is -0.508 e. The van der Waals surface area contributed by atoms with Gasteiger partial charge in [-0.1, -0.05) is 0 Å². The van der Waals surface area contributed by atoms with Crippen LogP contribution in [0.3, 0.4) is 0 Å². The van der Waals surface area contributed by atoms with E-state index in [9.17, 15) is 4.39 Å². The zero-order valence-electron chi connectivity index (χ0n) is 7.62. The highest BCUT2D eigenvalue weighted by molar-refractivity contribution is 7.13. The van der Waals surface area contributed by atoms with Crippen LogP contribution in [-0.4, -0.2) is 5.11 Å². The van der Waals surface area contributed by atoms with Gasteiger partial charge in [-0.3, -0.25) is 0 Å². The smallest absolute Gasteiger partial charge is 0.135 e. The van der Waals surface area contributed by atoms with Crippen LogP contribution in [0.5, 0.6) is 5.75 Å². The van der Waals surface area contributed by atoms with Crippen molar-refractivity contribution in [1.29, 1.82) is 0 Å². The Hall–Kier alpha value is -1.35. The quantitative estimate of drug-likeness (QED) is 0.759. The maximum atomic E-state index is 13.4. The third-order valence-electron chi connectivity index (χ3n) is 2.06. The molecule has 0 aliphatic rings. The van der Waals surface area contributed by atoms with Crippen molar-refractivity contribution in [1.82, 2.24) is 0 Å². The molecule has 0 radical (unpaired) electrons. The number of phenols is 1. The van der Waals surface area contributed by atoms with Crippen LogP contribution in [0.25, 0.3) is 10.4 Å². The average Bonchev–Trinajstić information content (AvgIpc) is 2.52. The maximum absolute atomic E-state index is 13.4. The van der Waals surface area contributed by atoms with E-state index < -0.39 is 0 Å². The lowest BCUT2D eigenvalue weighted by molar-refractivity contribution is 0.469. The molecule has 0 saturated carbocycles. The van der Waals surface area contributed by atoms with Crippen molar-refractivity contribution in [2.45, 2.75) is 6.92 Å². The Balaban J connectivity index is 2.58. The number of hydrogen-bond donors (Lipinski definition) is 1. The molecule has 2 aromatic rings. The van der Waals surface area contributed by atoms with Crippen molar-refractivity contribution in [3.05, 3.63) is 41.0 Å². The van der Waals surface area contributed by atoms with Crippen molar-refractivity contribution in [2.75, 3.05) is 0 Å². The Morgan fingerprint density at radius 2 is 2.07 bits per heavy atom. The third kappa shape index (κ3) is 1.51. The van der Waals surface area contributed by atoms with Gasteiger partial charge in [-0.05, 0) is 36.1 Å². The fraction of sp³-hybridized carbons (Fsp3) is 0.0909. The summed E-state index contributed by atoms with van der Waals surface area (Å²) >= 11 is 1.50. The molecule has 1 N–H and O–H groups in total. The molecule has 1 nitrogen and oxygen atoms in total. The zero-order chi connectivity index (χ0) is 10.1. The van der Waals surface area contributed by atoms with E-state index in [1.807, 2.05) is 18.4 Å². The molecule has 72 valence electrons. The Morgan fingerprint density at radius 1 is 1.29 bits per heavy atom. The van der Waals surface area contributed by atoms with Gasteiger partial charge in [-0.25, -0.2) is 4.39 Å². The molecule has 14 heavy (non-hydrogen) atoms. The molecule has 0 amide bonds. The number of hydrogen-bond acceptors (Lipinski definition) is 2. The van der Waals surface area contributed by atoms with Crippen molar-refractivity contribution in [2.24, 2.45) is 0 Å². The first-order valence-corrected chi connectivity index (χ1v) is 5.09. The molecule has 0 aliphatic heterocycles. The van der Waals surface area contributed by atoms with Gasteiger partial charge in [-0.2, -0.15) is 0 Å². The highest BCUT2D eigenvalue weighted by Crippen LogP contribution is 2.32. The summed E-state index contributed by atoms with van der Waals surface area (Å²) < 4.78 is 13.4. The molecule has 0 bridgehead atoms. The molecule has 1 aromatic carbocycles. The van der Waals surface area contributed by atoms with E-state index >= 15 is 0 Å². The summed E-state index contributed by atoms with van der Waals surface area (Å²) in [4.78, 5) is 0.919. The Kier molecular flexibility index (Phi) is 2.25. The van der Waals surface area contributed by atoms with Crippen LogP contribution >= 0.6 is 11.3 Å². The largest absolute Gasteiger partial charge is 0.508 e. The first kappa shape index (κ1) is 9.21. The lowest BCUT2D eigenvalue weighted by Crippen LogP contribution is -1.82. The van der Waals surface area contributed by atoms with Crippen LogP contribution in [0, 0.1) is 12.7 Å². The minimum absolute atomic E-state index is 0.0412. The maximum Gasteiger partial charge on any atom is 0.135 e. The van der Waals surface area contributed by atoms with E-state index in [2.05, 4.69) is 0 Å². The number of rotatable bonds is 1. The van der Waals surface area contributed by atoms with Gasteiger partial charge < -0.3 is 5.11 Å². The Morgan fingerprint density at radius 3 is 2.64 bits per heavy atom. The molecule has 1 aromatic heterocycles. The standard InChI is InChI=1S/C11H9FOS/c1-7-4-5-14-11(7)9-3-2-8(13)6-10(9)12/h2-6,13H,1H3. The van der Waals surface area contributed by atoms with E-state index in [-0.39, 0.29) is 11.6 Å². The van der Waals surface area contributed by atoms with Crippen molar-refractivity contribution in [3.63, 3.8) is 0 Å². The molecule has 1 heterocycles. The van der Waals surface area contributed by atoms with Crippen molar-refractivity contribution < 1.29 is 9.50 Å². The van der Waals surface area contributed by atoms with Crippen LogP contribution in [-0.2, 0) is 0 Å². The van der Waals surface area contributed by atoms with Crippen LogP contribution < -0.4 is 0 Å². The van der Waals surface area contributed by atoms with Crippen molar-refractivity contribution in [3.8, 4) is 16.2 Å². The predicted molar refractivity (Wildman–Crippen MR) is 56.1 cm³/mol. The first-order chi connectivity index (χ1) is 6.68. The van der Waals surface area contributed by atoms with Gasteiger partial charge in [0.25, 0.3) is 0 Å². The van der Waals surface area contributed by atoms with E-state index in [1.165, 1.54) is 17.4 Å². The predicted octanol–water partition coefficient (Wildman–Crippen LogP) is 3.57. The summed E-state index contributed by atoms with van der Waals surface area (Å²) in [6.07, 6.45) is 0. The fourth-order valence-corrected chi connectivity index (χ4v) is 2.29. The molecule has 0 unspecified atom stereocenters. The second-order valence-corrected chi connectivity index (χ2v) is 4.01. The minimum atomic E-state index is -0.379. The zero-order valence-corrected chi connectivity index (χ0v) is 8.44. The number of phenolic OH excluding ortho intramolecular Hbond substituents is 1. The van der Waals surface area contributed by atoms with Gasteiger partial charge in [0, 0.05) is 16.5 Å². The lowest BCUT2D eigenvalue weighted by Gasteiger charge is -2.02. The number of aromatic hydroxyl groups is 1. The van der Waals surface area contributed by atoms with Crippen LogP contribution in [0.4, 0.5) is 4.39 Å². The van der Waals surface area contributed by atoms with E-state index in [0.717, 1.165) is 16.5 Å². The van der Waals surface area contributed by atoms with Gasteiger partial charge >= 0.3 is 0 Å². The first-order valence-electron chi connectivity index (χ1n) is 4.21. The molecule has 2 rings (SSSR count). The second-order valence-electron chi connectivity index (χ2n) is 3.10. The van der Waals surface area contributed by atoms with E-state index in [1.54, 1.807) is 6.07 Å². The second kappa shape index (κ2) is 3.42. The number of benzene rings is 1. The molecule has 0 aliphatic carbocycles. The monoisotopic (exact) mass is 208 g/mol.